The van der Waals surface area contributed by atoms with Crippen LogP contribution in [0.5, 0.6) is 0 Å². The van der Waals surface area contributed by atoms with Gasteiger partial charge in [-0.05, 0) is 49.7 Å². The Morgan fingerprint density at radius 2 is 2.00 bits per heavy atom. The van der Waals surface area contributed by atoms with E-state index < -0.39 is 29.2 Å². The second-order valence-corrected chi connectivity index (χ2v) is 9.57. The maximum absolute atomic E-state index is 14.2. The first kappa shape index (κ1) is 24.9. The number of carbonyl (C=O) groups excluding carboxylic acids is 1. The zero-order chi connectivity index (χ0) is 26.3. The van der Waals surface area contributed by atoms with Crippen LogP contribution in [0.15, 0.2) is 80.1 Å². The van der Waals surface area contributed by atoms with Gasteiger partial charge in [-0.2, -0.15) is 0 Å². The monoisotopic (exact) mass is 540 g/mol. The summed E-state index contributed by atoms with van der Waals surface area (Å²) in [5.74, 6) is -1.56. The number of allylic oxidation sites excluding steroid dienone is 1. The summed E-state index contributed by atoms with van der Waals surface area (Å²) in [5, 5.41) is 0.385. The van der Waals surface area contributed by atoms with Crippen molar-refractivity contribution >= 4 is 35.0 Å². The van der Waals surface area contributed by atoms with Gasteiger partial charge >= 0.3 is 5.97 Å². The Hall–Kier alpha value is -3.82. The highest BCUT2D eigenvalue weighted by molar-refractivity contribution is 7.07. The number of nitrogens with zero attached hydrogens (tertiary/aromatic N) is 2. The van der Waals surface area contributed by atoms with Crippen LogP contribution in [-0.2, 0) is 9.53 Å². The second kappa shape index (κ2) is 9.91. The van der Waals surface area contributed by atoms with Crippen molar-refractivity contribution in [3.8, 4) is 11.3 Å². The van der Waals surface area contributed by atoms with E-state index in [1.807, 2.05) is 0 Å². The molecule has 188 valence electrons. The van der Waals surface area contributed by atoms with Crippen molar-refractivity contribution in [3.63, 3.8) is 0 Å². The molecular weight excluding hydrogens is 522 g/mol. The van der Waals surface area contributed by atoms with E-state index in [1.165, 1.54) is 22.8 Å². The third-order valence-electron chi connectivity index (χ3n) is 5.81. The van der Waals surface area contributed by atoms with Crippen LogP contribution in [0.1, 0.15) is 31.2 Å². The van der Waals surface area contributed by atoms with E-state index in [2.05, 4.69) is 4.99 Å². The Morgan fingerprint density at radius 3 is 2.73 bits per heavy atom. The van der Waals surface area contributed by atoms with Crippen molar-refractivity contribution in [2.75, 3.05) is 6.61 Å². The molecule has 0 unspecified atom stereocenters. The number of thiazole rings is 1. The van der Waals surface area contributed by atoms with Crippen LogP contribution in [0.2, 0.25) is 5.02 Å². The molecule has 10 heteroatoms. The molecule has 2 aromatic heterocycles. The van der Waals surface area contributed by atoms with E-state index in [-0.39, 0.29) is 28.0 Å². The molecule has 0 fully saturated rings. The number of halogens is 3. The molecule has 0 radical (unpaired) electrons. The molecule has 0 aliphatic carbocycles. The van der Waals surface area contributed by atoms with E-state index in [4.69, 9.17) is 20.8 Å². The number of ether oxygens (including phenoxy) is 1. The number of hydrogen-bond acceptors (Lipinski definition) is 6. The molecule has 3 heterocycles. The van der Waals surface area contributed by atoms with Gasteiger partial charge in [0.1, 0.15) is 29.2 Å². The first-order chi connectivity index (χ1) is 17.8. The van der Waals surface area contributed by atoms with Gasteiger partial charge in [0, 0.05) is 17.2 Å². The predicted molar refractivity (Wildman–Crippen MR) is 136 cm³/mol. The molecule has 1 aliphatic heterocycles. The van der Waals surface area contributed by atoms with Gasteiger partial charge in [0.15, 0.2) is 4.80 Å². The molecule has 0 spiro atoms. The Morgan fingerprint density at radius 1 is 1.22 bits per heavy atom. The van der Waals surface area contributed by atoms with Gasteiger partial charge in [0.2, 0.25) is 0 Å². The number of fused-ring (bicyclic) bond motifs is 1. The van der Waals surface area contributed by atoms with E-state index in [1.54, 1.807) is 44.2 Å². The van der Waals surface area contributed by atoms with E-state index in [0.717, 1.165) is 23.5 Å². The largest absolute Gasteiger partial charge is 0.463 e. The van der Waals surface area contributed by atoms with E-state index in [0.29, 0.717) is 26.8 Å². The maximum atomic E-state index is 14.2. The number of hydrogen-bond donors (Lipinski definition) is 0. The van der Waals surface area contributed by atoms with Crippen LogP contribution in [0, 0.1) is 11.6 Å². The number of esters is 1. The summed E-state index contributed by atoms with van der Waals surface area (Å²) in [6.07, 6.45) is 1.52. The Kier molecular flexibility index (Phi) is 6.66. The van der Waals surface area contributed by atoms with Crippen molar-refractivity contribution in [2.45, 2.75) is 19.9 Å². The number of rotatable bonds is 5. The SMILES string of the molecule is CCOC(=O)C1=C(C)N=c2s/c(=C\c3ccc(-c4ccc(F)cc4F)o3)c(=O)n2[C@H]1c1ccccc1Cl. The minimum atomic E-state index is -0.841. The van der Waals surface area contributed by atoms with Crippen molar-refractivity contribution in [1.29, 1.82) is 0 Å². The molecule has 1 atom stereocenters. The number of carbonyl (C=O) groups is 1. The molecule has 5 rings (SSSR count). The lowest BCUT2D eigenvalue weighted by Crippen LogP contribution is -2.40. The molecular formula is C27H19ClF2N2O4S. The molecule has 0 amide bonds. The Labute approximate surface area is 218 Å². The highest BCUT2D eigenvalue weighted by atomic mass is 35.5. The zero-order valence-corrected chi connectivity index (χ0v) is 21.2. The second-order valence-electron chi connectivity index (χ2n) is 8.15. The molecule has 6 nitrogen and oxygen atoms in total. The van der Waals surface area contributed by atoms with Crippen LogP contribution >= 0.6 is 22.9 Å². The van der Waals surface area contributed by atoms with Gasteiger partial charge < -0.3 is 9.15 Å². The van der Waals surface area contributed by atoms with Crippen molar-refractivity contribution in [3.05, 3.63) is 114 Å². The topological polar surface area (TPSA) is 73.8 Å². The molecule has 0 saturated heterocycles. The van der Waals surface area contributed by atoms with Gasteiger partial charge in [0.05, 0.1) is 28.0 Å². The maximum Gasteiger partial charge on any atom is 0.338 e. The molecule has 0 bridgehead atoms. The van der Waals surface area contributed by atoms with Gasteiger partial charge in [-0.15, -0.1) is 0 Å². The lowest BCUT2D eigenvalue weighted by atomic mass is 9.96. The third-order valence-corrected chi connectivity index (χ3v) is 7.14. The van der Waals surface area contributed by atoms with Gasteiger partial charge in [-0.3, -0.25) is 9.36 Å². The smallest absolute Gasteiger partial charge is 0.338 e. The lowest BCUT2D eigenvalue weighted by Gasteiger charge is -2.25. The van der Waals surface area contributed by atoms with Gasteiger partial charge in [0.25, 0.3) is 5.56 Å². The molecule has 2 aromatic carbocycles. The first-order valence-electron chi connectivity index (χ1n) is 11.3. The highest BCUT2D eigenvalue weighted by Gasteiger charge is 2.34. The van der Waals surface area contributed by atoms with Crippen LogP contribution in [0.3, 0.4) is 0 Å². The zero-order valence-electron chi connectivity index (χ0n) is 19.6. The fraction of sp³-hybridized carbons (Fsp3) is 0.148. The lowest BCUT2D eigenvalue weighted by molar-refractivity contribution is -0.139. The average Bonchev–Trinajstić information content (AvgIpc) is 3.43. The quantitative estimate of drug-likeness (QED) is 0.334. The van der Waals surface area contributed by atoms with Gasteiger partial charge in [-0.25, -0.2) is 18.6 Å². The fourth-order valence-corrected chi connectivity index (χ4v) is 5.44. The summed E-state index contributed by atoms with van der Waals surface area (Å²) in [6.45, 7) is 3.54. The minimum Gasteiger partial charge on any atom is -0.463 e. The highest BCUT2D eigenvalue weighted by Crippen LogP contribution is 2.34. The summed E-state index contributed by atoms with van der Waals surface area (Å²) in [4.78, 5) is 31.5. The van der Waals surface area contributed by atoms with Crippen molar-refractivity contribution in [2.24, 2.45) is 4.99 Å². The van der Waals surface area contributed by atoms with E-state index >= 15 is 0 Å². The molecule has 0 N–H and O–H groups in total. The van der Waals surface area contributed by atoms with Crippen molar-refractivity contribution in [1.82, 2.24) is 4.57 Å². The van der Waals surface area contributed by atoms with Gasteiger partial charge in [-0.1, -0.05) is 41.1 Å². The van der Waals surface area contributed by atoms with Crippen LogP contribution in [-0.4, -0.2) is 17.1 Å². The third kappa shape index (κ3) is 4.56. The summed E-state index contributed by atoms with van der Waals surface area (Å²) in [7, 11) is 0. The average molecular weight is 541 g/mol. The normalized spacial score (nSPS) is 15.5. The van der Waals surface area contributed by atoms with E-state index in [9.17, 15) is 18.4 Å². The summed E-state index contributed by atoms with van der Waals surface area (Å²) in [5.41, 5.74) is 0.885. The summed E-state index contributed by atoms with van der Waals surface area (Å²) >= 11 is 7.61. The molecule has 4 aromatic rings. The molecule has 1 aliphatic rings. The minimum absolute atomic E-state index is 0.0935. The van der Waals surface area contributed by atoms with Crippen LogP contribution < -0.4 is 14.9 Å². The summed E-state index contributed by atoms with van der Waals surface area (Å²) in [6, 6.07) is 12.4. The number of benzene rings is 2. The summed E-state index contributed by atoms with van der Waals surface area (Å²) < 4.78 is 40.2. The number of aromatic nitrogens is 1. The van der Waals surface area contributed by atoms with Crippen molar-refractivity contribution < 1.29 is 22.7 Å². The molecule has 0 saturated carbocycles. The predicted octanol–water partition coefficient (Wildman–Crippen LogP) is 4.99. The number of furan rings is 1. The van der Waals surface area contributed by atoms with Crippen LogP contribution in [0.4, 0.5) is 8.78 Å². The Balaban J connectivity index is 1.65. The fourth-order valence-electron chi connectivity index (χ4n) is 4.18. The first-order valence-corrected chi connectivity index (χ1v) is 12.5. The van der Waals surface area contributed by atoms with Crippen LogP contribution in [0.25, 0.3) is 17.4 Å². The standard InChI is InChI=1S/C27H19ClF2N2O4S/c1-3-35-26(34)23-14(2)31-27-32(24(23)17-6-4-5-7-19(17)28)25(33)22(37-27)13-16-9-11-21(36-16)18-10-8-15(29)12-20(18)30/h4-13,24H,3H2,1-2H3/b22-13-/t24-/m0/s1. The Bertz CT molecular complexity index is 1750. The molecule has 37 heavy (non-hydrogen) atoms.